The van der Waals surface area contributed by atoms with E-state index >= 15 is 0 Å². The van der Waals surface area contributed by atoms with Gasteiger partial charge in [-0.05, 0) is 26.3 Å². The summed E-state index contributed by atoms with van der Waals surface area (Å²) in [7, 11) is 0. The van der Waals surface area contributed by atoms with Crippen LogP contribution in [0.25, 0.3) is 0 Å². The van der Waals surface area contributed by atoms with Crippen molar-refractivity contribution in [1.82, 2.24) is 0 Å². The summed E-state index contributed by atoms with van der Waals surface area (Å²) in [6, 6.07) is 0. The number of ketones is 1. The zero-order chi connectivity index (χ0) is 10.2. The summed E-state index contributed by atoms with van der Waals surface area (Å²) in [6.45, 7) is 5.25. The molecule has 3 heteroatoms. The average molecular weight is 200 g/mol. The van der Waals surface area contributed by atoms with E-state index in [4.69, 9.17) is 0 Å². The van der Waals surface area contributed by atoms with Crippen LogP contribution in [0.5, 0.6) is 0 Å². The lowest BCUT2D eigenvalue weighted by molar-refractivity contribution is -0.119. The van der Waals surface area contributed by atoms with Gasteiger partial charge in [0.15, 0.2) is 5.78 Å². The second-order valence-corrected chi connectivity index (χ2v) is 4.82. The van der Waals surface area contributed by atoms with Gasteiger partial charge in [-0.15, -0.1) is 0 Å². The molecule has 0 aromatic rings. The fourth-order valence-corrected chi connectivity index (χ4v) is 2.31. The highest BCUT2D eigenvalue weighted by Gasteiger charge is 2.36. The topological polar surface area (TPSA) is 37.3 Å². The molecule has 2 unspecified atom stereocenters. The van der Waals surface area contributed by atoms with Crippen molar-refractivity contribution in [3.63, 3.8) is 0 Å². The van der Waals surface area contributed by atoms with Gasteiger partial charge in [-0.1, -0.05) is 6.08 Å². The first-order valence-electron chi connectivity index (χ1n) is 4.44. The molecular formula is C10H16O2S. The molecular weight excluding hydrogens is 184 g/mol. The summed E-state index contributed by atoms with van der Waals surface area (Å²) < 4.78 is 0. The van der Waals surface area contributed by atoms with Crippen molar-refractivity contribution in [3.8, 4) is 0 Å². The maximum absolute atomic E-state index is 11.4. The predicted molar refractivity (Wildman–Crippen MR) is 55.9 cm³/mol. The van der Waals surface area contributed by atoms with Crippen LogP contribution in [0, 0.1) is 5.92 Å². The summed E-state index contributed by atoms with van der Waals surface area (Å²) in [5.41, 5.74) is -0.0697. The number of carbonyl (C=O) groups excluding carboxylic acids is 1. The number of Topliss-reactive ketones (excluding diaryl/α,β-unsaturated/α-hetero) is 1. The van der Waals surface area contributed by atoms with Crippen molar-refractivity contribution < 1.29 is 9.90 Å². The Balaban J connectivity index is 2.89. The number of thiol groups is 1. The van der Waals surface area contributed by atoms with Crippen LogP contribution in [0.4, 0.5) is 0 Å². The van der Waals surface area contributed by atoms with Crippen molar-refractivity contribution in [3.05, 3.63) is 11.6 Å². The van der Waals surface area contributed by atoms with E-state index in [0.29, 0.717) is 6.42 Å². The predicted octanol–water partition coefficient (Wildman–Crippen LogP) is 1.59. The van der Waals surface area contributed by atoms with Crippen LogP contribution in [0.1, 0.15) is 27.2 Å². The third-order valence-electron chi connectivity index (χ3n) is 2.59. The van der Waals surface area contributed by atoms with Crippen LogP contribution in [-0.2, 0) is 4.79 Å². The molecule has 2 atom stereocenters. The zero-order valence-electron chi connectivity index (χ0n) is 8.24. The Hall–Kier alpha value is -0.280. The van der Waals surface area contributed by atoms with E-state index in [2.05, 4.69) is 12.6 Å². The first kappa shape index (κ1) is 10.8. The van der Waals surface area contributed by atoms with E-state index in [1.807, 2.05) is 6.08 Å². The Labute approximate surface area is 84.4 Å². The molecule has 1 aliphatic rings. The molecule has 0 aromatic carbocycles. The molecule has 0 aromatic heterocycles. The van der Waals surface area contributed by atoms with Crippen molar-refractivity contribution in [1.29, 1.82) is 0 Å². The van der Waals surface area contributed by atoms with Crippen molar-refractivity contribution in [2.75, 3.05) is 0 Å². The maximum Gasteiger partial charge on any atom is 0.158 e. The van der Waals surface area contributed by atoms with Gasteiger partial charge >= 0.3 is 0 Å². The molecule has 0 radical (unpaired) electrons. The van der Waals surface area contributed by atoms with Gasteiger partial charge in [0.2, 0.25) is 0 Å². The lowest BCUT2D eigenvalue weighted by atomic mass is 9.79. The van der Waals surface area contributed by atoms with Crippen LogP contribution in [-0.4, -0.2) is 21.7 Å². The molecule has 0 aliphatic heterocycles. The van der Waals surface area contributed by atoms with Gasteiger partial charge in [0.1, 0.15) is 0 Å². The summed E-state index contributed by atoms with van der Waals surface area (Å²) >= 11 is 4.36. The number of allylic oxidation sites excluding steroid dienone is 1. The highest BCUT2D eigenvalue weighted by atomic mass is 32.1. The van der Waals surface area contributed by atoms with E-state index in [-0.39, 0.29) is 17.0 Å². The highest BCUT2D eigenvalue weighted by molar-refractivity contribution is 7.81. The smallest absolute Gasteiger partial charge is 0.158 e. The van der Waals surface area contributed by atoms with E-state index in [1.165, 1.54) is 0 Å². The molecule has 1 N–H and O–H groups in total. The molecule has 74 valence electrons. The number of carbonyl (C=O) groups is 1. The quantitative estimate of drug-likeness (QED) is 0.631. The summed E-state index contributed by atoms with van der Waals surface area (Å²) in [5, 5.41) is 9.77. The van der Waals surface area contributed by atoms with E-state index in [1.54, 1.807) is 20.8 Å². The largest absolute Gasteiger partial charge is 0.390 e. The van der Waals surface area contributed by atoms with Crippen LogP contribution in [0.2, 0.25) is 0 Å². The Bertz CT molecular complexity index is 250. The molecule has 1 rings (SSSR count). The fraction of sp³-hybridized carbons (Fsp3) is 0.700. The molecule has 0 spiro atoms. The Kier molecular flexibility index (Phi) is 2.88. The van der Waals surface area contributed by atoms with Crippen LogP contribution in [0.3, 0.4) is 0 Å². The fourth-order valence-electron chi connectivity index (χ4n) is 1.61. The minimum atomic E-state index is -0.834. The highest BCUT2D eigenvalue weighted by Crippen LogP contribution is 2.32. The van der Waals surface area contributed by atoms with Crippen LogP contribution in [0.15, 0.2) is 11.6 Å². The minimum absolute atomic E-state index is 0.0160. The molecule has 0 saturated heterocycles. The maximum atomic E-state index is 11.4. The molecule has 1 aliphatic carbocycles. The van der Waals surface area contributed by atoms with Gasteiger partial charge in [0.25, 0.3) is 0 Å². The van der Waals surface area contributed by atoms with Crippen LogP contribution < -0.4 is 0 Å². The third-order valence-corrected chi connectivity index (χ3v) is 3.09. The first-order chi connectivity index (χ1) is 5.82. The van der Waals surface area contributed by atoms with Gasteiger partial charge in [-0.25, -0.2) is 0 Å². The van der Waals surface area contributed by atoms with E-state index < -0.39 is 5.60 Å². The number of rotatable bonds is 1. The average Bonchev–Trinajstić information content (AvgIpc) is 1.94. The lowest BCUT2D eigenvalue weighted by Crippen LogP contribution is -2.40. The summed E-state index contributed by atoms with van der Waals surface area (Å²) in [5.74, 6) is 0.0458. The van der Waals surface area contributed by atoms with Gasteiger partial charge in [0.05, 0.1) is 5.60 Å². The van der Waals surface area contributed by atoms with Gasteiger partial charge in [-0.2, -0.15) is 12.6 Å². The number of hydrogen-bond acceptors (Lipinski definition) is 3. The normalized spacial score (nSPS) is 30.2. The van der Waals surface area contributed by atoms with E-state index in [9.17, 15) is 9.90 Å². The first-order valence-corrected chi connectivity index (χ1v) is 4.96. The SMILES string of the molecule is CC1=CC(S)C(C(C)(C)O)CC1=O. The monoisotopic (exact) mass is 200 g/mol. The molecule has 0 saturated carbocycles. The lowest BCUT2D eigenvalue weighted by Gasteiger charge is -2.34. The molecule has 0 bridgehead atoms. The number of aliphatic hydroxyl groups is 1. The van der Waals surface area contributed by atoms with Crippen molar-refractivity contribution >= 4 is 18.4 Å². The Morgan fingerprint density at radius 3 is 2.62 bits per heavy atom. The third kappa shape index (κ3) is 2.35. The minimum Gasteiger partial charge on any atom is -0.390 e. The molecule has 2 nitrogen and oxygen atoms in total. The van der Waals surface area contributed by atoms with Gasteiger partial charge in [0, 0.05) is 17.6 Å². The zero-order valence-corrected chi connectivity index (χ0v) is 9.14. The second kappa shape index (κ2) is 3.46. The Morgan fingerprint density at radius 2 is 2.15 bits per heavy atom. The standard InChI is InChI=1S/C10H16O2S/c1-6-4-9(13)7(5-8(6)11)10(2,3)12/h4,7,9,12-13H,5H2,1-3H3. The summed E-state index contributed by atoms with van der Waals surface area (Å²) in [6.07, 6.45) is 2.23. The Morgan fingerprint density at radius 1 is 1.62 bits per heavy atom. The number of hydrogen-bond donors (Lipinski definition) is 2. The van der Waals surface area contributed by atoms with Crippen molar-refractivity contribution in [2.24, 2.45) is 5.92 Å². The molecule has 0 fully saturated rings. The van der Waals surface area contributed by atoms with Crippen molar-refractivity contribution in [2.45, 2.75) is 38.0 Å². The molecule has 13 heavy (non-hydrogen) atoms. The second-order valence-electron chi connectivity index (χ2n) is 4.23. The molecule has 0 amide bonds. The summed E-state index contributed by atoms with van der Waals surface area (Å²) in [4.78, 5) is 11.4. The van der Waals surface area contributed by atoms with Gasteiger partial charge < -0.3 is 5.11 Å². The van der Waals surface area contributed by atoms with E-state index in [0.717, 1.165) is 5.57 Å². The van der Waals surface area contributed by atoms with Gasteiger partial charge in [-0.3, -0.25) is 4.79 Å². The molecule has 0 heterocycles. The van der Waals surface area contributed by atoms with Crippen LogP contribution >= 0.6 is 12.6 Å².